The third kappa shape index (κ3) is 2.44. The first kappa shape index (κ1) is 15.5. The SMILES string of the molecule is N=C1C=CC(c2ccc3c4ccccc4n(-c4ccccc4)c3c2)=CC1=N. The summed E-state index contributed by atoms with van der Waals surface area (Å²) in [5.74, 6) is 0. The van der Waals surface area contributed by atoms with E-state index in [4.69, 9.17) is 10.8 Å². The molecule has 1 aromatic heterocycles. The van der Waals surface area contributed by atoms with Crippen molar-refractivity contribution in [3.8, 4) is 5.69 Å². The number of hydrogen-bond acceptors (Lipinski definition) is 2. The lowest BCUT2D eigenvalue weighted by Crippen LogP contribution is -2.09. The van der Waals surface area contributed by atoms with Crippen LogP contribution < -0.4 is 0 Å². The van der Waals surface area contributed by atoms with Crippen molar-refractivity contribution in [2.45, 2.75) is 0 Å². The van der Waals surface area contributed by atoms with E-state index in [0.717, 1.165) is 22.3 Å². The lowest BCUT2D eigenvalue weighted by molar-refractivity contribution is 1.18. The number of benzene rings is 3. The van der Waals surface area contributed by atoms with Gasteiger partial charge in [0.1, 0.15) is 0 Å². The molecule has 0 amide bonds. The van der Waals surface area contributed by atoms with Gasteiger partial charge in [-0.3, -0.25) is 10.8 Å². The smallest absolute Gasteiger partial charge is 0.0795 e. The summed E-state index contributed by atoms with van der Waals surface area (Å²) >= 11 is 0. The van der Waals surface area contributed by atoms with Crippen molar-refractivity contribution in [1.82, 2.24) is 4.57 Å². The fourth-order valence-corrected chi connectivity index (χ4v) is 3.73. The van der Waals surface area contributed by atoms with Crippen LogP contribution in [0.15, 0.2) is 91.0 Å². The first-order valence-electron chi connectivity index (χ1n) is 8.88. The van der Waals surface area contributed by atoms with Crippen molar-refractivity contribution in [3.05, 3.63) is 96.6 Å². The maximum absolute atomic E-state index is 7.94. The molecule has 3 heteroatoms. The van der Waals surface area contributed by atoms with E-state index in [1.54, 1.807) is 12.2 Å². The second-order valence-electron chi connectivity index (χ2n) is 6.68. The molecular weight excluding hydrogens is 330 g/mol. The van der Waals surface area contributed by atoms with Crippen LogP contribution in [0.2, 0.25) is 0 Å². The molecule has 1 aliphatic carbocycles. The van der Waals surface area contributed by atoms with E-state index < -0.39 is 0 Å². The fraction of sp³-hybridized carbons (Fsp3) is 0. The zero-order chi connectivity index (χ0) is 18.4. The van der Waals surface area contributed by atoms with Gasteiger partial charge in [0, 0.05) is 16.5 Å². The Morgan fingerprint density at radius 3 is 2.19 bits per heavy atom. The van der Waals surface area contributed by atoms with Crippen LogP contribution in [-0.4, -0.2) is 16.0 Å². The summed E-state index contributed by atoms with van der Waals surface area (Å²) in [6.45, 7) is 0. The van der Waals surface area contributed by atoms with Crippen LogP contribution in [0.5, 0.6) is 0 Å². The lowest BCUT2D eigenvalue weighted by Gasteiger charge is -2.11. The highest BCUT2D eigenvalue weighted by Crippen LogP contribution is 2.34. The van der Waals surface area contributed by atoms with Gasteiger partial charge < -0.3 is 4.57 Å². The zero-order valence-electron chi connectivity index (χ0n) is 14.6. The van der Waals surface area contributed by atoms with Crippen molar-refractivity contribution in [2.24, 2.45) is 0 Å². The minimum absolute atomic E-state index is 0.246. The van der Waals surface area contributed by atoms with E-state index in [9.17, 15) is 0 Å². The summed E-state index contributed by atoms with van der Waals surface area (Å²) in [5, 5.41) is 18.1. The highest BCUT2D eigenvalue weighted by atomic mass is 15.0. The number of para-hydroxylation sites is 2. The number of aromatic nitrogens is 1. The molecule has 0 spiro atoms. The molecule has 0 saturated heterocycles. The third-order valence-corrected chi connectivity index (χ3v) is 5.04. The number of allylic oxidation sites excluding steroid dienone is 4. The second kappa shape index (κ2) is 5.92. The quantitative estimate of drug-likeness (QED) is 0.432. The number of fused-ring (bicyclic) bond motifs is 3. The summed E-state index contributed by atoms with van der Waals surface area (Å²) in [7, 11) is 0. The standard InChI is InChI=1S/C24H17N3/c25-21-13-11-16(14-22(21)26)17-10-12-20-19-8-4-5-9-23(19)27(24(20)15-17)18-6-2-1-3-7-18/h1-15,25-26H. The average Bonchev–Trinajstić information content (AvgIpc) is 3.04. The molecule has 0 fully saturated rings. The van der Waals surface area contributed by atoms with Crippen LogP contribution in [0.3, 0.4) is 0 Å². The van der Waals surface area contributed by atoms with Gasteiger partial charge in [0.2, 0.25) is 0 Å². The molecule has 3 nitrogen and oxygen atoms in total. The molecule has 0 radical (unpaired) electrons. The van der Waals surface area contributed by atoms with Crippen molar-refractivity contribution in [2.75, 3.05) is 0 Å². The third-order valence-electron chi connectivity index (χ3n) is 5.04. The Morgan fingerprint density at radius 2 is 1.37 bits per heavy atom. The predicted molar refractivity (Wildman–Crippen MR) is 113 cm³/mol. The van der Waals surface area contributed by atoms with E-state index in [1.165, 1.54) is 16.3 Å². The van der Waals surface area contributed by atoms with E-state index >= 15 is 0 Å². The topological polar surface area (TPSA) is 52.6 Å². The minimum atomic E-state index is 0.246. The molecule has 0 aliphatic heterocycles. The first-order valence-corrected chi connectivity index (χ1v) is 8.88. The molecule has 1 aliphatic rings. The summed E-state index contributed by atoms with van der Waals surface area (Å²) in [6.07, 6.45) is 5.37. The fourth-order valence-electron chi connectivity index (χ4n) is 3.73. The molecule has 0 atom stereocenters. The van der Waals surface area contributed by atoms with Crippen molar-refractivity contribution < 1.29 is 0 Å². The zero-order valence-corrected chi connectivity index (χ0v) is 14.6. The highest BCUT2D eigenvalue weighted by Gasteiger charge is 2.14. The Morgan fingerprint density at radius 1 is 0.630 bits per heavy atom. The predicted octanol–water partition coefficient (Wildman–Crippen LogP) is 5.78. The Kier molecular flexibility index (Phi) is 3.41. The van der Waals surface area contributed by atoms with Crippen molar-refractivity contribution in [1.29, 1.82) is 10.8 Å². The van der Waals surface area contributed by atoms with E-state index in [0.29, 0.717) is 0 Å². The van der Waals surface area contributed by atoms with Gasteiger partial charge in [-0.1, -0.05) is 54.6 Å². The molecule has 0 saturated carbocycles. The van der Waals surface area contributed by atoms with Gasteiger partial charge in [0.15, 0.2) is 0 Å². The molecule has 0 unspecified atom stereocenters. The Hall–Kier alpha value is -3.72. The van der Waals surface area contributed by atoms with E-state index in [-0.39, 0.29) is 11.4 Å². The van der Waals surface area contributed by atoms with Gasteiger partial charge in [-0.2, -0.15) is 0 Å². The van der Waals surface area contributed by atoms with Crippen molar-refractivity contribution in [3.63, 3.8) is 0 Å². The molecule has 27 heavy (non-hydrogen) atoms. The summed E-state index contributed by atoms with van der Waals surface area (Å²) in [4.78, 5) is 0. The molecule has 128 valence electrons. The number of rotatable bonds is 2. The largest absolute Gasteiger partial charge is 0.309 e. The molecule has 4 aromatic rings. The molecular formula is C24H17N3. The maximum Gasteiger partial charge on any atom is 0.0795 e. The number of nitrogens with one attached hydrogen (secondary N) is 2. The second-order valence-corrected chi connectivity index (χ2v) is 6.68. The normalized spacial score (nSPS) is 14.1. The lowest BCUT2D eigenvalue weighted by atomic mass is 9.96. The van der Waals surface area contributed by atoms with Gasteiger partial charge in [-0.25, -0.2) is 0 Å². The van der Waals surface area contributed by atoms with Crippen LogP contribution in [0.25, 0.3) is 33.1 Å². The highest BCUT2D eigenvalue weighted by molar-refractivity contribution is 6.50. The molecule has 5 rings (SSSR count). The molecule has 1 heterocycles. The van der Waals surface area contributed by atoms with Gasteiger partial charge in [-0.15, -0.1) is 0 Å². The van der Waals surface area contributed by atoms with Gasteiger partial charge in [0.05, 0.1) is 22.5 Å². The Bertz CT molecular complexity index is 1290. The number of nitrogens with zero attached hydrogens (tertiary/aromatic N) is 1. The van der Waals surface area contributed by atoms with E-state index in [2.05, 4.69) is 71.3 Å². The maximum atomic E-state index is 7.94. The van der Waals surface area contributed by atoms with Gasteiger partial charge in [-0.05, 0) is 47.6 Å². The average molecular weight is 347 g/mol. The Balaban J connectivity index is 1.81. The van der Waals surface area contributed by atoms with Gasteiger partial charge in [0.25, 0.3) is 0 Å². The molecule has 0 bridgehead atoms. The first-order chi connectivity index (χ1) is 13.2. The van der Waals surface area contributed by atoms with Crippen LogP contribution in [-0.2, 0) is 0 Å². The van der Waals surface area contributed by atoms with Crippen LogP contribution in [0, 0.1) is 10.8 Å². The summed E-state index contributed by atoms with van der Waals surface area (Å²) in [5.41, 5.74) is 5.96. The van der Waals surface area contributed by atoms with Crippen LogP contribution in [0.4, 0.5) is 0 Å². The van der Waals surface area contributed by atoms with E-state index in [1.807, 2.05) is 12.1 Å². The summed E-state index contributed by atoms with van der Waals surface area (Å²) < 4.78 is 2.29. The van der Waals surface area contributed by atoms with Crippen LogP contribution in [0.1, 0.15) is 5.56 Å². The Labute approximate surface area is 156 Å². The summed E-state index contributed by atoms with van der Waals surface area (Å²) in [6, 6.07) is 25.3. The van der Waals surface area contributed by atoms with Crippen molar-refractivity contribution >= 4 is 38.8 Å². The molecule has 3 aromatic carbocycles. The molecule has 2 N–H and O–H groups in total. The minimum Gasteiger partial charge on any atom is -0.309 e. The van der Waals surface area contributed by atoms with Crippen LogP contribution >= 0.6 is 0 Å². The van der Waals surface area contributed by atoms with Gasteiger partial charge >= 0.3 is 0 Å². The monoisotopic (exact) mass is 347 g/mol. The number of hydrogen-bond donors (Lipinski definition) is 2.